The van der Waals surface area contributed by atoms with Gasteiger partial charge in [0.05, 0.1) is 5.60 Å². The van der Waals surface area contributed by atoms with Crippen molar-refractivity contribution in [2.75, 3.05) is 6.61 Å². The van der Waals surface area contributed by atoms with Gasteiger partial charge in [-0.1, -0.05) is 49.6 Å². The standard InChI is InChI=1S/C18H27NO/c1-2-20-18(11-7-4-8-12-18)17(19)16-13-15(16)14-9-5-3-6-10-14/h3,5-6,9-10,15-17H,2,4,7-8,11-13,19H2,1H3. The van der Waals surface area contributed by atoms with Crippen LogP contribution >= 0.6 is 0 Å². The van der Waals surface area contributed by atoms with Gasteiger partial charge in [-0.25, -0.2) is 0 Å². The summed E-state index contributed by atoms with van der Waals surface area (Å²) in [6.45, 7) is 2.89. The summed E-state index contributed by atoms with van der Waals surface area (Å²) in [5.41, 5.74) is 8.09. The molecule has 2 aliphatic rings. The number of hydrogen-bond donors (Lipinski definition) is 1. The van der Waals surface area contributed by atoms with Gasteiger partial charge in [-0.15, -0.1) is 0 Å². The smallest absolute Gasteiger partial charge is 0.0835 e. The summed E-state index contributed by atoms with van der Waals surface area (Å²) >= 11 is 0. The Morgan fingerprint density at radius 1 is 1.20 bits per heavy atom. The van der Waals surface area contributed by atoms with E-state index in [0.717, 1.165) is 19.4 Å². The van der Waals surface area contributed by atoms with Crippen LogP contribution < -0.4 is 5.73 Å². The first-order valence-corrected chi connectivity index (χ1v) is 8.21. The predicted octanol–water partition coefficient (Wildman–Crippen LogP) is 3.86. The highest BCUT2D eigenvalue weighted by Crippen LogP contribution is 2.53. The number of benzene rings is 1. The lowest BCUT2D eigenvalue weighted by molar-refractivity contribution is -0.0865. The van der Waals surface area contributed by atoms with Gasteiger partial charge in [0.2, 0.25) is 0 Å². The number of nitrogens with two attached hydrogens (primary N) is 1. The molecule has 2 N–H and O–H groups in total. The van der Waals surface area contributed by atoms with Crippen molar-refractivity contribution in [3.63, 3.8) is 0 Å². The molecule has 2 heteroatoms. The van der Waals surface area contributed by atoms with Gasteiger partial charge in [0.1, 0.15) is 0 Å². The average molecular weight is 273 g/mol. The third-order valence-electron chi connectivity index (χ3n) is 5.27. The third-order valence-corrected chi connectivity index (χ3v) is 5.27. The Labute approximate surface area is 122 Å². The van der Waals surface area contributed by atoms with Crippen LogP contribution in [-0.4, -0.2) is 18.2 Å². The molecule has 110 valence electrons. The molecule has 1 aromatic carbocycles. The van der Waals surface area contributed by atoms with Crippen LogP contribution in [0.5, 0.6) is 0 Å². The lowest BCUT2D eigenvalue weighted by atomic mass is 9.77. The fourth-order valence-electron chi connectivity index (χ4n) is 4.10. The molecule has 1 aromatic rings. The van der Waals surface area contributed by atoms with Gasteiger partial charge in [0.25, 0.3) is 0 Å². The molecule has 0 heterocycles. The van der Waals surface area contributed by atoms with Crippen molar-refractivity contribution in [3.8, 4) is 0 Å². The Morgan fingerprint density at radius 2 is 1.90 bits per heavy atom. The minimum Gasteiger partial charge on any atom is -0.374 e. The summed E-state index contributed by atoms with van der Waals surface area (Å²) in [6.07, 6.45) is 7.43. The molecule has 2 fully saturated rings. The highest BCUT2D eigenvalue weighted by atomic mass is 16.5. The molecule has 3 unspecified atom stereocenters. The lowest BCUT2D eigenvalue weighted by Crippen LogP contribution is -2.52. The summed E-state index contributed by atoms with van der Waals surface area (Å²) in [6, 6.07) is 11.0. The molecule has 2 saturated carbocycles. The second kappa shape index (κ2) is 5.87. The van der Waals surface area contributed by atoms with Crippen LogP contribution in [0.2, 0.25) is 0 Å². The number of hydrogen-bond acceptors (Lipinski definition) is 2. The van der Waals surface area contributed by atoms with Crippen LogP contribution in [0.4, 0.5) is 0 Å². The van der Waals surface area contributed by atoms with Gasteiger partial charge in [-0.3, -0.25) is 0 Å². The summed E-state index contributed by atoms with van der Waals surface area (Å²) in [5.74, 6) is 1.27. The van der Waals surface area contributed by atoms with Crippen LogP contribution in [0.25, 0.3) is 0 Å². The zero-order valence-electron chi connectivity index (χ0n) is 12.6. The van der Waals surface area contributed by atoms with Crippen LogP contribution in [0.3, 0.4) is 0 Å². The van der Waals surface area contributed by atoms with Crippen LogP contribution in [-0.2, 0) is 4.74 Å². The fraction of sp³-hybridized carbons (Fsp3) is 0.667. The summed E-state index contributed by atoms with van der Waals surface area (Å²) in [4.78, 5) is 0. The molecule has 2 nitrogen and oxygen atoms in total. The Bertz CT molecular complexity index is 419. The highest BCUT2D eigenvalue weighted by molar-refractivity contribution is 5.27. The van der Waals surface area contributed by atoms with E-state index in [1.54, 1.807) is 0 Å². The van der Waals surface area contributed by atoms with Gasteiger partial charge < -0.3 is 10.5 Å². The monoisotopic (exact) mass is 273 g/mol. The second-order valence-electron chi connectivity index (χ2n) is 6.50. The van der Waals surface area contributed by atoms with E-state index in [1.165, 1.54) is 31.2 Å². The summed E-state index contributed by atoms with van der Waals surface area (Å²) < 4.78 is 6.19. The molecule has 3 rings (SSSR count). The van der Waals surface area contributed by atoms with Crippen molar-refractivity contribution >= 4 is 0 Å². The first-order valence-electron chi connectivity index (χ1n) is 8.21. The van der Waals surface area contributed by atoms with Crippen molar-refractivity contribution in [2.45, 2.75) is 63.0 Å². The zero-order chi connectivity index (χ0) is 14.0. The normalized spacial score (nSPS) is 29.9. The van der Waals surface area contributed by atoms with E-state index in [9.17, 15) is 0 Å². The first-order chi connectivity index (χ1) is 9.77. The predicted molar refractivity (Wildman–Crippen MR) is 82.7 cm³/mol. The zero-order valence-corrected chi connectivity index (χ0v) is 12.6. The van der Waals surface area contributed by atoms with Crippen molar-refractivity contribution in [2.24, 2.45) is 11.7 Å². The second-order valence-corrected chi connectivity index (χ2v) is 6.50. The van der Waals surface area contributed by atoms with E-state index < -0.39 is 0 Å². The van der Waals surface area contributed by atoms with Crippen molar-refractivity contribution in [1.29, 1.82) is 0 Å². The highest BCUT2D eigenvalue weighted by Gasteiger charge is 2.51. The maximum atomic E-state index is 6.68. The Morgan fingerprint density at radius 3 is 2.55 bits per heavy atom. The number of ether oxygens (including phenoxy) is 1. The Balaban J connectivity index is 1.70. The summed E-state index contributed by atoms with van der Waals surface area (Å²) in [5, 5.41) is 0. The molecule has 0 aliphatic heterocycles. The number of rotatable bonds is 5. The Hall–Kier alpha value is -0.860. The molecule has 0 bridgehead atoms. The largest absolute Gasteiger partial charge is 0.374 e. The van der Waals surface area contributed by atoms with Gasteiger partial charge >= 0.3 is 0 Å². The SMILES string of the molecule is CCOC1(C(N)C2CC2c2ccccc2)CCCCC1. The molecule has 0 amide bonds. The Kier molecular flexibility index (Phi) is 4.13. The molecule has 2 aliphatic carbocycles. The molecular formula is C18H27NO. The minimum absolute atomic E-state index is 0.0405. The maximum absolute atomic E-state index is 6.68. The van der Waals surface area contributed by atoms with E-state index in [4.69, 9.17) is 10.5 Å². The van der Waals surface area contributed by atoms with E-state index in [1.807, 2.05) is 0 Å². The van der Waals surface area contributed by atoms with Crippen molar-refractivity contribution in [3.05, 3.63) is 35.9 Å². The van der Waals surface area contributed by atoms with Crippen LogP contribution in [0.15, 0.2) is 30.3 Å². The minimum atomic E-state index is -0.0405. The first kappa shape index (κ1) is 14.1. The van der Waals surface area contributed by atoms with Crippen LogP contribution in [0, 0.1) is 5.92 Å². The molecule has 0 aromatic heterocycles. The van der Waals surface area contributed by atoms with Gasteiger partial charge in [-0.05, 0) is 43.6 Å². The third kappa shape index (κ3) is 2.64. The van der Waals surface area contributed by atoms with Crippen LogP contribution in [0.1, 0.15) is 56.9 Å². The topological polar surface area (TPSA) is 35.2 Å². The van der Waals surface area contributed by atoms with E-state index in [0.29, 0.717) is 11.8 Å². The van der Waals surface area contributed by atoms with Gasteiger partial charge in [0, 0.05) is 12.6 Å². The fourth-order valence-corrected chi connectivity index (χ4v) is 4.10. The van der Waals surface area contributed by atoms with E-state index in [2.05, 4.69) is 37.3 Å². The molecule has 0 saturated heterocycles. The lowest BCUT2D eigenvalue weighted by Gasteiger charge is -2.42. The average Bonchev–Trinajstić information content (AvgIpc) is 3.29. The molecule has 20 heavy (non-hydrogen) atoms. The summed E-state index contributed by atoms with van der Waals surface area (Å²) in [7, 11) is 0. The molecule has 0 spiro atoms. The molecule has 0 radical (unpaired) electrons. The maximum Gasteiger partial charge on any atom is 0.0835 e. The van der Waals surface area contributed by atoms with E-state index in [-0.39, 0.29) is 11.6 Å². The van der Waals surface area contributed by atoms with Crippen molar-refractivity contribution < 1.29 is 4.74 Å². The van der Waals surface area contributed by atoms with Crippen molar-refractivity contribution in [1.82, 2.24) is 0 Å². The molecular weight excluding hydrogens is 246 g/mol. The molecule has 3 atom stereocenters. The van der Waals surface area contributed by atoms with Gasteiger partial charge in [-0.2, -0.15) is 0 Å². The van der Waals surface area contributed by atoms with Gasteiger partial charge in [0.15, 0.2) is 0 Å². The quantitative estimate of drug-likeness (QED) is 0.884. The van der Waals surface area contributed by atoms with E-state index >= 15 is 0 Å².